The highest BCUT2D eigenvalue weighted by Gasteiger charge is 2.19. The third-order valence-electron chi connectivity index (χ3n) is 3.33. The maximum absolute atomic E-state index is 12.3. The van der Waals surface area contributed by atoms with Gasteiger partial charge in [-0.15, -0.1) is 0 Å². The lowest BCUT2D eigenvalue weighted by Gasteiger charge is -2.23. The molecule has 0 fully saturated rings. The number of para-hydroxylation sites is 1. The Labute approximate surface area is 123 Å². The van der Waals surface area contributed by atoms with Crippen LogP contribution in [-0.4, -0.2) is 23.9 Å². The van der Waals surface area contributed by atoms with Crippen LogP contribution in [0.2, 0.25) is 0 Å². The number of nitriles is 1. The van der Waals surface area contributed by atoms with Crippen molar-refractivity contribution in [3.8, 4) is 6.07 Å². The standard InChI is InChI=1S/C16H17N3O2/c1-12(19(2)11-14-7-5-9-21-14)16(20)18-15-8-4-3-6-13(15)10-17/h3-9,12H,11H2,1-2H3,(H,18,20)/t12-/m0/s1. The maximum atomic E-state index is 12.3. The fourth-order valence-corrected chi connectivity index (χ4v) is 1.91. The zero-order valence-corrected chi connectivity index (χ0v) is 12.0. The summed E-state index contributed by atoms with van der Waals surface area (Å²) in [5.41, 5.74) is 0.981. The number of hydrogen-bond donors (Lipinski definition) is 1. The number of amides is 1. The Hall–Kier alpha value is -2.58. The number of carbonyl (C=O) groups is 1. The average Bonchev–Trinajstić information content (AvgIpc) is 2.99. The van der Waals surface area contributed by atoms with Crippen LogP contribution in [0.3, 0.4) is 0 Å². The van der Waals surface area contributed by atoms with E-state index in [1.807, 2.05) is 31.0 Å². The Balaban J connectivity index is 2.01. The molecule has 21 heavy (non-hydrogen) atoms. The number of nitrogens with one attached hydrogen (secondary N) is 1. The van der Waals surface area contributed by atoms with Crippen molar-refractivity contribution in [1.82, 2.24) is 4.90 Å². The quantitative estimate of drug-likeness (QED) is 0.915. The summed E-state index contributed by atoms with van der Waals surface area (Å²) in [5.74, 6) is 0.640. The predicted octanol–water partition coefficient (Wildman–Crippen LogP) is 2.61. The highest BCUT2D eigenvalue weighted by Crippen LogP contribution is 2.15. The number of carbonyl (C=O) groups excluding carboxylic acids is 1. The molecule has 0 aliphatic rings. The van der Waals surface area contributed by atoms with Crippen LogP contribution in [0.15, 0.2) is 47.1 Å². The number of likely N-dealkylation sites (N-methyl/N-ethyl adjacent to an activating group) is 1. The van der Waals surface area contributed by atoms with Gasteiger partial charge in [0.05, 0.1) is 30.1 Å². The third-order valence-corrected chi connectivity index (χ3v) is 3.33. The first kappa shape index (κ1) is 14.8. The van der Waals surface area contributed by atoms with E-state index in [0.717, 1.165) is 5.76 Å². The summed E-state index contributed by atoms with van der Waals surface area (Å²) in [5, 5.41) is 11.8. The first-order valence-corrected chi connectivity index (χ1v) is 6.64. The van der Waals surface area contributed by atoms with Crippen molar-refractivity contribution in [3.05, 3.63) is 54.0 Å². The van der Waals surface area contributed by atoms with Gasteiger partial charge in [0.15, 0.2) is 0 Å². The van der Waals surface area contributed by atoms with Gasteiger partial charge in [-0.3, -0.25) is 9.69 Å². The van der Waals surface area contributed by atoms with E-state index < -0.39 is 0 Å². The molecule has 0 saturated carbocycles. The normalized spacial score (nSPS) is 11.9. The minimum atomic E-state index is -0.346. The minimum absolute atomic E-state index is 0.160. The maximum Gasteiger partial charge on any atom is 0.241 e. The summed E-state index contributed by atoms with van der Waals surface area (Å²) in [6, 6.07) is 12.3. The van der Waals surface area contributed by atoms with Crippen LogP contribution in [0.25, 0.3) is 0 Å². The fraction of sp³-hybridized carbons (Fsp3) is 0.250. The molecule has 0 saturated heterocycles. The molecule has 1 atom stereocenters. The van der Waals surface area contributed by atoms with Crippen LogP contribution < -0.4 is 5.32 Å². The molecule has 0 spiro atoms. The van der Waals surface area contributed by atoms with Gasteiger partial charge in [-0.05, 0) is 38.2 Å². The number of furan rings is 1. The summed E-state index contributed by atoms with van der Waals surface area (Å²) in [6.07, 6.45) is 1.61. The molecule has 1 N–H and O–H groups in total. The van der Waals surface area contributed by atoms with Crippen molar-refractivity contribution in [1.29, 1.82) is 5.26 Å². The number of anilines is 1. The second-order valence-electron chi connectivity index (χ2n) is 4.82. The van der Waals surface area contributed by atoms with Crippen LogP contribution in [0.1, 0.15) is 18.2 Å². The summed E-state index contributed by atoms with van der Waals surface area (Å²) in [7, 11) is 1.85. The lowest BCUT2D eigenvalue weighted by Crippen LogP contribution is -2.39. The van der Waals surface area contributed by atoms with Crippen molar-refractivity contribution in [2.45, 2.75) is 19.5 Å². The molecule has 1 aromatic carbocycles. The molecular weight excluding hydrogens is 266 g/mol. The van der Waals surface area contributed by atoms with Gasteiger partial charge in [0.2, 0.25) is 5.91 Å². The van der Waals surface area contributed by atoms with Gasteiger partial charge in [-0.25, -0.2) is 0 Å². The molecule has 1 heterocycles. The number of rotatable bonds is 5. The van der Waals surface area contributed by atoms with Gasteiger partial charge in [0.1, 0.15) is 11.8 Å². The molecule has 0 unspecified atom stereocenters. The second-order valence-corrected chi connectivity index (χ2v) is 4.82. The Bertz CT molecular complexity index is 644. The smallest absolute Gasteiger partial charge is 0.241 e. The van der Waals surface area contributed by atoms with Crippen molar-refractivity contribution < 1.29 is 9.21 Å². The lowest BCUT2D eigenvalue weighted by molar-refractivity contribution is -0.120. The zero-order chi connectivity index (χ0) is 15.2. The van der Waals surface area contributed by atoms with E-state index in [-0.39, 0.29) is 11.9 Å². The first-order chi connectivity index (χ1) is 10.1. The Morgan fingerprint density at radius 3 is 2.81 bits per heavy atom. The molecule has 108 valence electrons. The fourth-order valence-electron chi connectivity index (χ4n) is 1.91. The van der Waals surface area contributed by atoms with Crippen LogP contribution in [0, 0.1) is 11.3 Å². The van der Waals surface area contributed by atoms with E-state index in [1.165, 1.54) is 0 Å². The number of benzene rings is 1. The van der Waals surface area contributed by atoms with Gasteiger partial charge < -0.3 is 9.73 Å². The van der Waals surface area contributed by atoms with Crippen molar-refractivity contribution in [2.24, 2.45) is 0 Å². The van der Waals surface area contributed by atoms with Crippen LogP contribution in [0.4, 0.5) is 5.69 Å². The molecule has 5 nitrogen and oxygen atoms in total. The Kier molecular flexibility index (Phi) is 4.75. The van der Waals surface area contributed by atoms with Gasteiger partial charge in [0, 0.05) is 0 Å². The molecular formula is C16H17N3O2. The third kappa shape index (κ3) is 3.71. The summed E-state index contributed by atoms with van der Waals surface area (Å²) in [4.78, 5) is 14.1. The number of hydrogen-bond acceptors (Lipinski definition) is 4. The van der Waals surface area contributed by atoms with Crippen molar-refractivity contribution in [3.63, 3.8) is 0 Å². The van der Waals surface area contributed by atoms with E-state index in [0.29, 0.717) is 17.8 Å². The predicted molar refractivity (Wildman–Crippen MR) is 79.4 cm³/mol. The average molecular weight is 283 g/mol. The van der Waals surface area contributed by atoms with Gasteiger partial charge in [0.25, 0.3) is 0 Å². The summed E-state index contributed by atoms with van der Waals surface area (Å²) in [6.45, 7) is 2.36. The molecule has 2 rings (SSSR count). The summed E-state index contributed by atoms with van der Waals surface area (Å²) < 4.78 is 5.27. The van der Waals surface area contributed by atoms with Crippen molar-refractivity contribution >= 4 is 11.6 Å². The van der Waals surface area contributed by atoms with Crippen LogP contribution in [0.5, 0.6) is 0 Å². The summed E-state index contributed by atoms with van der Waals surface area (Å²) >= 11 is 0. The number of nitrogens with zero attached hydrogens (tertiary/aromatic N) is 2. The highest BCUT2D eigenvalue weighted by atomic mass is 16.3. The Morgan fingerprint density at radius 2 is 2.14 bits per heavy atom. The van der Waals surface area contributed by atoms with Gasteiger partial charge in [-0.2, -0.15) is 5.26 Å². The minimum Gasteiger partial charge on any atom is -0.468 e. The van der Waals surface area contributed by atoms with E-state index in [2.05, 4.69) is 11.4 Å². The molecule has 0 radical (unpaired) electrons. The van der Waals surface area contributed by atoms with Gasteiger partial charge in [-0.1, -0.05) is 12.1 Å². The zero-order valence-electron chi connectivity index (χ0n) is 12.0. The SMILES string of the molecule is C[C@@H](C(=O)Nc1ccccc1C#N)N(C)Cc1ccco1. The van der Waals surface area contributed by atoms with E-state index in [9.17, 15) is 4.79 Å². The van der Waals surface area contributed by atoms with E-state index >= 15 is 0 Å². The second kappa shape index (κ2) is 6.73. The molecule has 2 aromatic rings. The van der Waals surface area contributed by atoms with Crippen LogP contribution in [-0.2, 0) is 11.3 Å². The Morgan fingerprint density at radius 1 is 1.38 bits per heavy atom. The van der Waals surface area contributed by atoms with Crippen LogP contribution >= 0.6 is 0 Å². The van der Waals surface area contributed by atoms with E-state index in [1.54, 1.807) is 30.5 Å². The topological polar surface area (TPSA) is 69.3 Å². The molecule has 0 aliphatic heterocycles. The molecule has 0 aliphatic carbocycles. The lowest BCUT2D eigenvalue weighted by atomic mass is 10.2. The molecule has 0 bridgehead atoms. The molecule has 1 amide bonds. The molecule has 5 heteroatoms. The van der Waals surface area contributed by atoms with Crippen molar-refractivity contribution in [2.75, 3.05) is 12.4 Å². The highest BCUT2D eigenvalue weighted by molar-refractivity contribution is 5.95. The first-order valence-electron chi connectivity index (χ1n) is 6.64. The monoisotopic (exact) mass is 283 g/mol. The molecule has 1 aromatic heterocycles. The largest absolute Gasteiger partial charge is 0.468 e. The van der Waals surface area contributed by atoms with E-state index in [4.69, 9.17) is 9.68 Å². The van der Waals surface area contributed by atoms with Gasteiger partial charge >= 0.3 is 0 Å².